The number of rotatable bonds is 4. The van der Waals surface area contributed by atoms with Crippen molar-refractivity contribution in [2.24, 2.45) is 0 Å². The Bertz CT molecular complexity index is 424. The van der Waals surface area contributed by atoms with Crippen molar-refractivity contribution >= 4 is 0 Å². The van der Waals surface area contributed by atoms with Crippen LogP contribution in [0.4, 0.5) is 0 Å². The summed E-state index contributed by atoms with van der Waals surface area (Å²) in [6.07, 6.45) is 6.89. The molecule has 0 saturated carbocycles. The maximum absolute atomic E-state index is 11.4. The number of nitrogens with zero attached hydrogens (tertiary/aromatic N) is 1. The lowest BCUT2D eigenvalue weighted by molar-refractivity contribution is 0.253. The van der Waals surface area contributed by atoms with Crippen molar-refractivity contribution in [3.63, 3.8) is 0 Å². The van der Waals surface area contributed by atoms with Gasteiger partial charge in [0.2, 0.25) is 0 Å². The fourth-order valence-electron chi connectivity index (χ4n) is 2.64. The molecule has 0 radical (unpaired) electrons. The van der Waals surface area contributed by atoms with Gasteiger partial charge in [-0.25, -0.2) is 0 Å². The molecule has 0 aliphatic carbocycles. The second-order valence-corrected chi connectivity index (χ2v) is 4.99. The quantitative estimate of drug-likeness (QED) is 0.869. The molecule has 2 rings (SSSR count). The summed E-state index contributed by atoms with van der Waals surface area (Å²) in [6.45, 7) is 6.49. The molecule has 3 nitrogen and oxygen atoms in total. The number of pyridine rings is 1. The summed E-state index contributed by atoms with van der Waals surface area (Å²) >= 11 is 0. The number of aromatic nitrogens is 1. The normalized spacial score (nSPS) is 20.9. The van der Waals surface area contributed by atoms with Crippen molar-refractivity contribution in [1.29, 1.82) is 0 Å². The summed E-state index contributed by atoms with van der Waals surface area (Å²) in [7, 11) is 0. The van der Waals surface area contributed by atoms with Crippen molar-refractivity contribution in [3.05, 3.63) is 33.7 Å². The Morgan fingerprint density at radius 1 is 1.53 bits per heavy atom. The average Bonchev–Trinajstić information content (AvgIpc) is 2.78. The third-order valence-electron chi connectivity index (χ3n) is 3.66. The van der Waals surface area contributed by atoms with E-state index in [2.05, 4.69) is 16.8 Å². The van der Waals surface area contributed by atoms with Crippen LogP contribution < -0.4 is 5.56 Å². The Morgan fingerprint density at radius 2 is 2.35 bits per heavy atom. The number of aryl methyl sites for hydroxylation is 1. The van der Waals surface area contributed by atoms with E-state index < -0.39 is 0 Å². The first-order chi connectivity index (χ1) is 8.22. The summed E-state index contributed by atoms with van der Waals surface area (Å²) < 4.78 is 0. The van der Waals surface area contributed by atoms with E-state index in [-0.39, 0.29) is 5.56 Å². The Labute approximate surface area is 103 Å². The van der Waals surface area contributed by atoms with Crippen molar-refractivity contribution in [3.8, 4) is 0 Å². The first-order valence-electron chi connectivity index (χ1n) is 6.65. The summed E-state index contributed by atoms with van der Waals surface area (Å²) in [4.78, 5) is 16.8. The van der Waals surface area contributed by atoms with Crippen LogP contribution in [-0.2, 0) is 0 Å². The van der Waals surface area contributed by atoms with E-state index in [0.29, 0.717) is 6.04 Å². The number of likely N-dealkylation sites (tertiary alicyclic amines) is 1. The first kappa shape index (κ1) is 12.4. The maximum atomic E-state index is 11.4. The topological polar surface area (TPSA) is 36.1 Å². The third-order valence-corrected chi connectivity index (χ3v) is 3.66. The van der Waals surface area contributed by atoms with Gasteiger partial charge in [-0.1, -0.05) is 13.3 Å². The lowest BCUT2D eigenvalue weighted by atomic mass is 10.0. The first-order valence-corrected chi connectivity index (χ1v) is 6.65. The number of hydrogen-bond acceptors (Lipinski definition) is 2. The molecule has 1 atom stereocenters. The molecule has 0 aromatic carbocycles. The van der Waals surface area contributed by atoms with Crippen LogP contribution in [0, 0.1) is 6.92 Å². The molecule has 1 fully saturated rings. The number of aromatic amines is 1. The molecule has 0 spiro atoms. The smallest absolute Gasteiger partial charge is 0.250 e. The number of hydrogen-bond donors (Lipinski definition) is 1. The van der Waals surface area contributed by atoms with E-state index in [1.54, 1.807) is 0 Å². The van der Waals surface area contributed by atoms with Gasteiger partial charge in [0.05, 0.1) is 0 Å². The molecule has 1 N–H and O–H groups in total. The second kappa shape index (κ2) is 5.50. The number of nitrogens with one attached hydrogen (secondary N) is 1. The SMILES string of the molecule is CCCCN1CCCC1c1c[nH]c(=O)c(C)c1. The van der Waals surface area contributed by atoms with Gasteiger partial charge < -0.3 is 4.98 Å². The van der Waals surface area contributed by atoms with Crippen molar-refractivity contribution < 1.29 is 0 Å². The van der Waals surface area contributed by atoms with Gasteiger partial charge in [-0.05, 0) is 50.9 Å². The van der Waals surface area contributed by atoms with E-state index >= 15 is 0 Å². The van der Waals surface area contributed by atoms with Crippen LogP contribution in [0.2, 0.25) is 0 Å². The Kier molecular flexibility index (Phi) is 4.00. The average molecular weight is 234 g/mol. The van der Waals surface area contributed by atoms with Crippen molar-refractivity contribution in [1.82, 2.24) is 9.88 Å². The van der Waals surface area contributed by atoms with Gasteiger partial charge in [0.25, 0.3) is 5.56 Å². The molecule has 0 bridgehead atoms. The second-order valence-electron chi connectivity index (χ2n) is 4.99. The molecule has 1 aliphatic heterocycles. The zero-order chi connectivity index (χ0) is 12.3. The van der Waals surface area contributed by atoms with E-state index in [1.165, 1.54) is 44.3 Å². The zero-order valence-electron chi connectivity index (χ0n) is 10.8. The van der Waals surface area contributed by atoms with Gasteiger partial charge in [-0.3, -0.25) is 9.69 Å². The van der Waals surface area contributed by atoms with Gasteiger partial charge in [0.1, 0.15) is 0 Å². The molecular weight excluding hydrogens is 212 g/mol. The summed E-state index contributed by atoms with van der Waals surface area (Å²) in [5.41, 5.74) is 2.13. The van der Waals surface area contributed by atoms with E-state index in [4.69, 9.17) is 0 Å². The van der Waals surface area contributed by atoms with Crippen LogP contribution >= 0.6 is 0 Å². The lowest BCUT2D eigenvalue weighted by Crippen LogP contribution is -2.25. The number of unbranched alkanes of at least 4 members (excludes halogenated alkanes) is 1. The Morgan fingerprint density at radius 3 is 3.06 bits per heavy atom. The molecule has 1 aromatic heterocycles. The minimum absolute atomic E-state index is 0.0341. The standard InChI is InChI=1S/C14H22N2O/c1-3-4-7-16-8-5-6-13(16)12-9-11(2)14(17)15-10-12/h9-10,13H,3-8H2,1-2H3,(H,15,17). The van der Waals surface area contributed by atoms with E-state index in [9.17, 15) is 4.79 Å². The highest BCUT2D eigenvalue weighted by Gasteiger charge is 2.25. The predicted octanol–water partition coefficient (Wildman–Crippen LogP) is 2.62. The molecule has 0 amide bonds. The minimum Gasteiger partial charge on any atom is -0.329 e. The third kappa shape index (κ3) is 2.78. The van der Waals surface area contributed by atoms with E-state index in [0.717, 1.165) is 5.56 Å². The van der Waals surface area contributed by atoms with Crippen LogP contribution in [0.1, 0.15) is 49.8 Å². The van der Waals surface area contributed by atoms with E-state index in [1.807, 2.05) is 19.2 Å². The molecule has 3 heteroatoms. The van der Waals surface area contributed by atoms with Gasteiger partial charge in [-0.15, -0.1) is 0 Å². The molecule has 1 unspecified atom stereocenters. The van der Waals surface area contributed by atoms with Crippen LogP contribution in [0.15, 0.2) is 17.1 Å². The fourth-order valence-corrected chi connectivity index (χ4v) is 2.64. The van der Waals surface area contributed by atoms with Crippen LogP contribution in [-0.4, -0.2) is 23.0 Å². The van der Waals surface area contributed by atoms with Gasteiger partial charge in [-0.2, -0.15) is 0 Å². The van der Waals surface area contributed by atoms with Crippen LogP contribution in [0.25, 0.3) is 0 Å². The zero-order valence-corrected chi connectivity index (χ0v) is 10.8. The van der Waals surface area contributed by atoms with Crippen molar-refractivity contribution in [2.45, 2.75) is 45.6 Å². The molecular formula is C14H22N2O. The Hall–Kier alpha value is -1.09. The molecule has 1 aromatic rings. The molecule has 2 heterocycles. The molecule has 1 saturated heterocycles. The minimum atomic E-state index is 0.0341. The predicted molar refractivity (Wildman–Crippen MR) is 70.3 cm³/mol. The van der Waals surface area contributed by atoms with Crippen LogP contribution in [0.5, 0.6) is 0 Å². The summed E-state index contributed by atoms with van der Waals surface area (Å²) in [6, 6.07) is 2.56. The highest BCUT2D eigenvalue weighted by atomic mass is 16.1. The number of H-pyrrole nitrogens is 1. The summed E-state index contributed by atoms with van der Waals surface area (Å²) in [5, 5.41) is 0. The van der Waals surface area contributed by atoms with Gasteiger partial charge in [0.15, 0.2) is 0 Å². The van der Waals surface area contributed by atoms with Crippen LogP contribution in [0.3, 0.4) is 0 Å². The summed E-state index contributed by atoms with van der Waals surface area (Å²) in [5.74, 6) is 0. The maximum Gasteiger partial charge on any atom is 0.250 e. The van der Waals surface area contributed by atoms with Gasteiger partial charge in [0, 0.05) is 17.8 Å². The highest BCUT2D eigenvalue weighted by molar-refractivity contribution is 5.21. The molecule has 17 heavy (non-hydrogen) atoms. The lowest BCUT2D eigenvalue weighted by Gasteiger charge is -2.24. The largest absolute Gasteiger partial charge is 0.329 e. The highest BCUT2D eigenvalue weighted by Crippen LogP contribution is 2.31. The molecule has 94 valence electrons. The Balaban J connectivity index is 2.14. The van der Waals surface area contributed by atoms with Gasteiger partial charge >= 0.3 is 0 Å². The fraction of sp³-hybridized carbons (Fsp3) is 0.643. The monoisotopic (exact) mass is 234 g/mol. The van der Waals surface area contributed by atoms with Crippen molar-refractivity contribution in [2.75, 3.05) is 13.1 Å². The molecule has 1 aliphatic rings.